The molecule has 0 spiro atoms. The predicted octanol–water partition coefficient (Wildman–Crippen LogP) is 12.4. The number of imidazole rings is 2. The zero-order chi connectivity index (χ0) is 45.6. The summed E-state index contributed by atoms with van der Waals surface area (Å²) in [5.41, 5.74) is 8.69. The van der Waals surface area contributed by atoms with E-state index in [1.807, 2.05) is 48.5 Å². The van der Waals surface area contributed by atoms with Crippen molar-refractivity contribution in [3.8, 4) is 68.1 Å². The Hall–Kier alpha value is -6.82. The summed E-state index contributed by atoms with van der Waals surface area (Å²) in [5, 5.41) is 11.4. The number of fused-ring (bicyclic) bond motifs is 4. The van der Waals surface area contributed by atoms with Gasteiger partial charge >= 0.3 is 0 Å². The van der Waals surface area contributed by atoms with Gasteiger partial charge in [-0.2, -0.15) is 0 Å². The highest BCUT2D eigenvalue weighted by molar-refractivity contribution is 6.13. The molecule has 342 valence electrons. The first-order valence-corrected chi connectivity index (χ1v) is 23.3. The van der Waals surface area contributed by atoms with Crippen LogP contribution in [0.4, 0.5) is 11.6 Å². The summed E-state index contributed by atoms with van der Waals surface area (Å²) in [6, 6.07) is 21.4. The van der Waals surface area contributed by atoms with Crippen LogP contribution in [0.15, 0.2) is 73.1 Å². The van der Waals surface area contributed by atoms with Crippen LogP contribution in [0.3, 0.4) is 0 Å². The third kappa shape index (κ3) is 7.12. The lowest BCUT2D eigenvalue weighted by Crippen LogP contribution is -2.23. The Morgan fingerprint density at radius 2 is 0.848 bits per heavy atom. The van der Waals surface area contributed by atoms with Gasteiger partial charge in [0, 0.05) is 46.4 Å². The normalized spacial score (nSPS) is 14.8. The van der Waals surface area contributed by atoms with Crippen molar-refractivity contribution in [2.75, 3.05) is 53.3 Å². The van der Waals surface area contributed by atoms with Gasteiger partial charge in [0.2, 0.25) is 0 Å². The molecular weight excluding hydrogens is 829 g/mol. The molecule has 2 N–H and O–H groups in total. The maximum Gasteiger partial charge on any atom is 0.170 e. The summed E-state index contributed by atoms with van der Waals surface area (Å²) in [4.78, 5) is 10.6. The molecule has 4 aromatic carbocycles. The van der Waals surface area contributed by atoms with Gasteiger partial charge in [0.15, 0.2) is 23.0 Å². The van der Waals surface area contributed by atoms with Crippen LogP contribution in [-0.4, -0.2) is 73.5 Å². The molecule has 0 aliphatic heterocycles. The second-order valence-corrected chi connectivity index (χ2v) is 17.8. The number of aryl methyl sites for hydroxylation is 2. The highest BCUT2D eigenvalue weighted by Gasteiger charge is 2.32. The lowest BCUT2D eigenvalue weighted by molar-refractivity contribution is 0.356. The highest BCUT2D eigenvalue weighted by atomic mass is 16.5. The molecule has 0 atom stereocenters. The number of pyridine rings is 2. The average molecular weight is 889 g/mol. The monoisotopic (exact) mass is 888 g/mol. The summed E-state index contributed by atoms with van der Waals surface area (Å²) in [6.07, 6.45) is 15.9. The molecule has 2 saturated carbocycles. The van der Waals surface area contributed by atoms with E-state index in [2.05, 4.69) is 57.8 Å². The molecule has 0 radical (unpaired) electrons. The van der Waals surface area contributed by atoms with Crippen LogP contribution >= 0.6 is 0 Å². The van der Waals surface area contributed by atoms with Gasteiger partial charge < -0.3 is 39.1 Å². The van der Waals surface area contributed by atoms with Gasteiger partial charge in [-0.15, -0.1) is 0 Å². The fourth-order valence-corrected chi connectivity index (χ4v) is 10.9. The lowest BCUT2D eigenvalue weighted by atomic mass is 9.86. The van der Waals surface area contributed by atoms with E-state index >= 15 is 0 Å². The van der Waals surface area contributed by atoms with Gasteiger partial charge in [-0.25, -0.2) is 9.97 Å². The van der Waals surface area contributed by atoms with Crippen LogP contribution in [-0.2, 0) is 0 Å². The van der Waals surface area contributed by atoms with Gasteiger partial charge in [0.25, 0.3) is 0 Å². The molecule has 0 unspecified atom stereocenters. The summed E-state index contributed by atoms with van der Waals surface area (Å²) in [5.74, 6) is 5.57. The van der Waals surface area contributed by atoms with Crippen molar-refractivity contribution in [2.24, 2.45) is 0 Å². The highest BCUT2D eigenvalue weighted by Crippen LogP contribution is 2.56. The zero-order valence-electron chi connectivity index (χ0n) is 39.4. The fraction of sp³-hybridized carbons (Fsp3) is 0.370. The van der Waals surface area contributed by atoms with Crippen LogP contribution in [0.1, 0.15) is 75.3 Å². The first kappa shape index (κ1) is 43.1. The molecular formula is C54H60N6O6. The molecule has 2 fully saturated rings. The molecule has 2 aliphatic carbocycles. The second-order valence-electron chi connectivity index (χ2n) is 17.8. The van der Waals surface area contributed by atoms with Gasteiger partial charge in [0.1, 0.15) is 45.8 Å². The van der Waals surface area contributed by atoms with Crippen LogP contribution < -0.4 is 39.1 Å². The van der Waals surface area contributed by atoms with Crippen molar-refractivity contribution in [1.82, 2.24) is 18.8 Å². The molecule has 0 saturated heterocycles. The van der Waals surface area contributed by atoms with Crippen molar-refractivity contribution in [1.29, 1.82) is 0 Å². The number of ether oxygens (including phenoxy) is 6. The summed E-state index contributed by atoms with van der Waals surface area (Å²) in [6.45, 7) is 4.26. The van der Waals surface area contributed by atoms with Gasteiger partial charge in [-0.3, -0.25) is 8.80 Å². The molecule has 12 heteroatoms. The third-order valence-electron chi connectivity index (χ3n) is 14.0. The van der Waals surface area contributed by atoms with Crippen LogP contribution in [0.2, 0.25) is 0 Å². The van der Waals surface area contributed by atoms with E-state index in [9.17, 15) is 0 Å². The van der Waals surface area contributed by atoms with Crippen LogP contribution in [0.25, 0.3) is 66.5 Å². The first-order chi connectivity index (χ1) is 32.3. The smallest absolute Gasteiger partial charge is 0.170 e. The Labute approximate surface area is 386 Å². The quantitative estimate of drug-likeness (QED) is 0.116. The van der Waals surface area contributed by atoms with Crippen LogP contribution in [0.5, 0.6) is 34.5 Å². The third-order valence-corrected chi connectivity index (χ3v) is 14.0. The second kappa shape index (κ2) is 17.9. The van der Waals surface area contributed by atoms with E-state index in [4.69, 9.17) is 38.4 Å². The molecule has 0 amide bonds. The topological polar surface area (TPSA) is 114 Å². The molecule has 12 nitrogen and oxygen atoms in total. The van der Waals surface area contributed by atoms with Crippen LogP contribution in [0, 0.1) is 13.8 Å². The number of methoxy groups -OCH3 is 6. The maximum absolute atomic E-state index is 6.57. The Bertz CT molecular complexity index is 2910. The molecule has 10 rings (SSSR count). The molecule has 66 heavy (non-hydrogen) atoms. The minimum Gasteiger partial charge on any atom is -0.495 e. The van der Waals surface area contributed by atoms with Crippen molar-refractivity contribution in [2.45, 2.75) is 90.1 Å². The van der Waals surface area contributed by atoms with Gasteiger partial charge in [-0.05, 0) is 110 Å². The minimum atomic E-state index is 0.332. The number of nitrogens with zero attached hydrogens (tertiary/aromatic N) is 4. The van der Waals surface area contributed by atoms with E-state index in [1.165, 1.54) is 38.5 Å². The van der Waals surface area contributed by atoms with E-state index in [0.717, 1.165) is 115 Å². The first-order valence-electron chi connectivity index (χ1n) is 23.3. The number of hydrogen-bond donors (Lipinski definition) is 2. The molecule has 2 aliphatic rings. The number of hydrogen-bond acceptors (Lipinski definition) is 10. The molecule has 0 bridgehead atoms. The number of nitrogens with one attached hydrogen (secondary N) is 2. The predicted molar refractivity (Wildman–Crippen MR) is 265 cm³/mol. The fourth-order valence-electron chi connectivity index (χ4n) is 10.9. The summed E-state index contributed by atoms with van der Waals surface area (Å²) < 4.78 is 42.3. The van der Waals surface area contributed by atoms with Crippen molar-refractivity contribution in [3.63, 3.8) is 0 Å². The number of benzene rings is 4. The summed E-state index contributed by atoms with van der Waals surface area (Å²) >= 11 is 0. The van der Waals surface area contributed by atoms with E-state index in [-0.39, 0.29) is 0 Å². The number of rotatable bonds is 13. The van der Waals surface area contributed by atoms with E-state index in [1.54, 1.807) is 42.7 Å². The van der Waals surface area contributed by atoms with Gasteiger partial charge in [0.05, 0.1) is 53.8 Å². The minimum absolute atomic E-state index is 0.332. The average Bonchev–Trinajstić information content (AvgIpc) is 3.90. The van der Waals surface area contributed by atoms with E-state index < -0.39 is 0 Å². The standard InChI is InChI=1S/C54H60N6O6/c1-31-27-35-37(29-39(61-3)51(65-7)45(35)47-53(55-33-19-11-9-12-20-33)59-25-17-15-23-41(59)57-47)49(63-5)43(31)44-32(2)28-36-38(50(44)64-6)30-40(62-4)52(66-8)46(36)48-54(56-34-21-13-10-14-22-34)60-26-18-16-24-42(60)58-48/h15-18,23-30,33-34,55-56H,9-14,19-22H2,1-8H3. The Balaban J connectivity index is 1.23. The van der Waals surface area contributed by atoms with Gasteiger partial charge in [-0.1, -0.05) is 50.7 Å². The SMILES string of the molecule is COc1cc2c(OC)c(-c3c(C)cc4c(-c5nc6ccccn6c5NC5CCCCC5)c(OC)c(OC)cc4c3OC)c(C)cc2c(-c2nc3ccccn3c2NC2CCCCC2)c1OC. The molecule has 8 aromatic rings. The van der Waals surface area contributed by atoms with Crippen molar-refractivity contribution >= 4 is 44.5 Å². The Morgan fingerprint density at radius 3 is 1.21 bits per heavy atom. The number of aromatic nitrogens is 4. The Kier molecular flexibility index (Phi) is 11.7. The lowest BCUT2D eigenvalue weighted by Gasteiger charge is -2.26. The van der Waals surface area contributed by atoms with E-state index in [0.29, 0.717) is 46.6 Å². The largest absolute Gasteiger partial charge is 0.495 e. The molecule has 4 aromatic heterocycles. The zero-order valence-corrected chi connectivity index (χ0v) is 39.4. The van der Waals surface area contributed by atoms with Crippen molar-refractivity contribution < 1.29 is 28.4 Å². The molecule has 4 heterocycles. The summed E-state index contributed by atoms with van der Waals surface area (Å²) in [7, 11) is 10.2. The van der Waals surface area contributed by atoms with Crippen molar-refractivity contribution in [3.05, 3.63) is 84.2 Å². The maximum atomic E-state index is 6.57. The Morgan fingerprint density at radius 1 is 0.455 bits per heavy atom. The number of anilines is 2.